The van der Waals surface area contributed by atoms with E-state index in [0.717, 1.165) is 36.2 Å². The summed E-state index contributed by atoms with van der Waals surface area (Å²) in [5, 5.41) is 9.02. The van der Waals surface area contributed by atoms with Crippen molar-refractivity contribution in [2.75, 3.05) is 24.5 Å². The minimum atomic E-state index is 0.688. The van der Waals surface area contributed by atoms with Crippen LogP contribution in [0, 0.1) is 17.2 Å². The summed E-state index contributed by atoms with van der Waals surface area (Å²) in [5.41, 5.74) is 7.49. The highest BCUT2D eigenvalue weighted by atomic mass is 79.9. The molecule has 0 aliphatic carbocycles. The van der Waals surface area contributed by atoms with Gasteiger partial charge < -0.3 is 10.6 Å². The van der Waals surface area contributed by atoms with E-state index in [-0.39, 0.29) is 0 Å². The Labute approximate surface area is 117 Å². The Morgan fingerprint density at radius 2 is 2.28 bits per heavy atom. The highest BCUT2D eigenvalue weighted by Crippen LogP contribution is 2.28. The van der Waals surface area contributed by atoms with Crippen molar-refractivity contribution in [3.63, 3.8) is 0 Å². The molecule has 0 amide bonds. The molecule has 2 rings (SSSR count). The van der Waals surface area contributed by atoms with Crippen molar-refractivity contribution in [1.82, 2.24) is 0 Å². The molecule has 1 aromatic rings. The second-order valence-electron chi connectivity index (χ2n) is 4.84. The van der Waals surface area contributed by atoms with Crippen LogP contribution in [0.4, 0.5) is 5.69 Å². The quantitative estimate of drug-likeness (QED) is 0.934. The topological polar surface area (TPSA) is 53.0 Å². The van der Waals surface area contributed by atoms with Gasteiger partial charge in [-0.05, 0) is 49.9 Å². The van der Waals surface area contributed by atoms with Gasteiger partial charge in [0.25, 0.3) is 0 Å². The second kappa shape index (κ2) is 6.21. The summed E-state index contributed by atoms with van der Waals surface area (Å²) in [7, 11) is 0. The van der Waals surface area contributed by atoms with Gasteiger partial charge in [-0.2, -0.15) is 5.26 Å². The molecule has 0 aromatic heterocycles. The monoisotopic (exact) mass is 307 g/mol. The van der Waals surface area contributed by atoms with E-state index in [0.29, 0.717) is 11.5 Å². The van der Waals surface area contributed by atoms with Gasteiger partial charge in [0.05, 0.1) is 11.6 Å². The number of hydrogen-bond acceptors (Lipinski definition) is 3. The summed E-state index contributed by atoms with van der Waals surface area (Å²) in [6.45, 7) is 2.89. The molecule has 0 spiro atoms. The maximum atomic E-state index is 9.02. The first-order chi connectivity index (χ1) is 8.72. The van der Waals surface area contributed by atoms with Crippen LogP contribution in [0.2, 0.25) is 0 Å². The summed E-state index contributed by atoms with van der Waals surface area (Å²) in [6.07, 6.45) is 3.57. The maximum Gasteiger partial charge on any atom is 0.0992 e. The van der Waals surface area contributed by atoms with E-state index in [1.807, 2.05) is 12.1 Å². The van der Waals surface area contributed by atoms with Crippen molar-refractivity contribution in [1.29, 1.82) is 5.26 Å². The summed E-state index contributed by atoms with van der Waals surface area (Å²) < 4.78 is 0.970. The van der Waals surface area contributed by atoms with Crippen LogP contribution in [0.1, 0.15) is 24.8 Å². The summed E-state index contributed by atoms with van der Waals surface area (Å²) in [6, 6.07) is 8.12. The number of piperidine rings is 1. The molecule has 2 N–H and O–H groups in total. The average Bonchev–Trinajstić information content (AvgIpc) is 2.39. The molecule has 0 bridgehead atoms. The van der Waals surface area contributed by atoms with Gasteiger partial charge in [0, 0.05) is 23.2 Å². The van der Waals surface area contributed by atoms with Gasteiger partial charge in [-0.1, -0.05) is 15.9 Å². The highest BCUT2D eigenvalue weighted by molar-refractivity contribution is 9.10. The number of nitrogens with two attached hydrogens (primary N) is 1. The molecule has 1 atom stereocenters. The summed E-state index contributed by atoms with van der Waals surface area (Å²) >= 11 is 3.47. The molecular formula is C14H18BrN3. The number of benzene rings is 1. The lowest BCUT2D eigenvalue weighted by atomic mass is 9.94. The molecular weight excluding hydrogens is 290 g/mol. The fraction of sp³-hybridized carbons (Fsp3) is 0.500. The number of anilines is 1. The Morgan fingerprint density at radius 3 is 3.00 bits per heavy atom. The average molecular weight is 308 g/mol. The summed E-state index contributed by atoms with van der Waals surface area (Å²) in [5.74, 6) is 0.688. The van der Waals surface area contributed by atoms with Crippen molar-refractivity contribution in [3.05, 3.63) is 28.2 Å². The molecule has 1 saturated heterocycles. The molecule has 0 saturated carbocycles. The fourth-order valence-corrected chi connectivity index (χ4v) is 3.07. The Bertz CT molecular complexity index is 451. The number of nitriles is 1. The van der Waals surface area contributed by atoms with E-state index >= 15 is 0 Å². The first-order valence-corrected chi connectivity index (χ1v) is 7.18. The normalized spacial score (nSPS) is 19.6. The third-order valence-electron chi connectivity index (χ3n) is 3.47. The van der Waals surface area contributed by atoms with Crippen LogP contribution in [0.5, 0.6) is 0 Å². The van der Waals surface area contributed by atoms with Crippen molar-refractivity contribution in [2.24, 2.45) is 11.7 Å². The molecule has 18 heavy (non-hydrogen) atoms. The van der Waals surface area contributed by atoms with E-state index in [4.69, 9.17) is 11.0 Å². The molecule has 1 heterocycles. The van der Waals surface area contributed by atoms with Gasteiger partial charge in [-0.15, -0.1) is 0 Å². The minimum Gasteiger partial charge on any atom is -0.371 e. The van der Waals surface area contributed by atoms with Crippen LogP contribution < -0.4 is 10.6 Å². The lowest BCUT2D eigenvalue weighted by Gasteiger charge is -2.34. The molecule has 3 nitrogen and oxygen atoms in total. The molecule has 4 heteroatoms. The zero-order valence-electron chi connectivity index (χ0n) is 10.4. The smallest absolute Gasteiger partial charge is 0.0992 e. The van der Waals surface area contributed by atoms with Crippen LogP contribution in [-0.4, -0.2) is 19.6 Å². The van der Waals surface area contributed by atoms with E-state index in [1.54, 1.807) is 0 Å². The molecule has 96 valence electrons. The second-order valence-corrected chi connectivity index (χ2v) is 5.76. The SMILES string of the molecule is N#Cc1cc(Br)cc(N2CCCC(CCN)C2)c1. The van der Waals surface area contributed by atoms with Crippen molar-refractivity contribution >= 4 is 21.6 Å². The van der Waals surface area contributed by atoms with Crippen LogP contribution in [-0.2, 0) is 0 Å². The van der Waals surface area contributed by atoms with Gasteiger partial charge in [-0.25, -0.2) is 0 Å². The van der Waals surface area contributed by atoms with E-state index in [2.05, 4.69) is 33.0 Å². The third-order valence-corrected chi connectivity index (χ3v) is 3.93. The van der Waals surface area contributed by atoms with Crippen molar-refractivity contribution < 1.29 is 0 Å². The fourth-order valence-electron chi connectivity index (χ4n) is 2.59. The van der Waals surface area contributed by atoms with E-state index in [9.17, 15) is 0 Å². The predicted octanol–water partition coefficient (Wildman–Crippen LogP) is 2.89. The van der Waals surface area contributed by atoms with Crippen LogP contribution >= 0.6 is 15.9 Å². The zero-order valence-corrected chi connectivity index (χ0v) is 12.0. The molecule has 1 unspecified atom stereocenters. The lowest BCUT2D eigenvalue weighted by Crippen LogP contribution is -2.36. The first kappa shape index (κ1) is 13.4. The first-order valence-electron chi connectivity index (χ1n) is 6.38. The highest BCUT2D eigenvalue weighted by Gasteiger charge is 2.20. The molecule has 1 aromatic carbocycles. The Morgan fingerprint density at radius 1 is 1.44 bits per heavy atom. The molecule has 0 radical (unpaired) electrons. The van der Waals surface area contributed by atoms with Gasteiger partial charge >= 0.3 is 0 Å². The van der Waals surface area contributed by atoms with E-state index < -0.39 is 0 Å². The minimum absolute atomic E-state index is 0.688. The number of nitrogens with zero attached hydrogens (tertiary/aromatic N) is 2. The molecule has 1 aliphatic rings. The number of hydrogen-bond donors (Lipinski definition) is 1. The molecule has 1 fully saturated rings. The van der Waals surface area contributed by atoms with Crippen LogP contribution in [0.15, 0.2) is 22.7 Å². The number of rotatable bonds is 3. The van der Waals surface area contributed by atoms with Gasteiger partial charge in [0.15, 0.2) is 0 Å². The van der Waals surface area contributed by atoms with Gasteiger partial charge in [-0.3, -0.25) is 0 Å². The Balaban J connectivity index is 2.15. The zero-order chi connectivity index (χ0) is 13.0. The standard InChI is InChI=1S/C14H18BrN3/c15-13-6-12(9-17)7-14(8-13)18-5-1-2-11(10-18)3-4-16/h6-8,11H,1-5,10,16H2. The van der Waals surface area contributed by atoms with Crippen molar-refractivity contribution in [3.8, 4) is 6.07 Å². The Hall–Kier alpha value is -1.05. The molecule has 1 aliphatic heterocycles. The van der Waals surface area contributed by atoms with Crippen LogP contribution in [0.25, 0.3) is 0 Å². The largest absolute Gasteiger partial charge is 0.371 e. The number of halogens is 1. The van der Waals surface area contributed by atoms with Crippen molar-refractivity contribution in [2.45, 2.75) is 19.3 Å². The summed E-state index contributed by atoms with van der Waals surface area (Å²) in [4.78, 5) is 2.37. The van der Waals surface area contributed by atoms with Gasteiger partial charge in [0.2, 0.25) is 0 Å². The lowest BCUT2D eigenvalue weighted by molar-refractivity contribution is 0.396. The van der Waals surface area contributed by atoms with E-state index in [1.165, 1.54) is 12.8 Å². The van der Waals surface area contributed by atoms with Crippen LogP contribution in [0.3, 0.4) is 0 Å². The predicted molar refractivity (Wildman–Crippen MR) is 77.5 cm³/mol. The maximum absolute atomic E-state index is 9.02. The Kier molecular flexibility index (Phi) is 4.62. The van der Waals surface area contributed by atoms with Gasteiger partial charge in [0.1, 0.15) is 0 Å². The third kappa shape index (κ3) is 3.24.